The lowest BCUT2D eigenvalue weighted by Gasteiger charge is -2.07. The van der Waals surface area contributed by atoms with Crippen LogP contribution < -0.4 is 10.1 Å². The molecule has 3 rings (SSSR count). The number of aryl methyl sites for hydroxylation is 1. The van der Waals surface area contributed by atoms with Gasteiger partial charge in [0.2, 0.25) is 11.8 Å². The number of rotatable bonds is 5. The van der Waals surface area contributed by atoms with Crippen molar-refractivity contribution in [1.29, 1.82) is 0 Å². The van der Waals surface area contributed by atoms with E-state index in [4.69, 9.17) is 16.3 Å². The summed E-state index contributed by atoms with van der Waals surface area (Å²) in [5.41, 5.74) is 1.75. The number of ether oxygens (including phenoxy) is 1. The van der Waals surface area contributed by atoms with E-state index >= 15 is 0 Å². The Morgan fingerprint density at radius 3 is 2.95 bits per heavy atom. The molecule has 1 aliphatic carbocycles. The molecule has 0 radical (unpaired) electrons. The Hall–Kier alpha value is -1.59. The van der Waals surface area contributed by atoms with Crippen LogP contribution in [0.2, 0.25) is 5.02 Å². The fourth-order valence-corrected chi connectivity index (χ4v) is 1.90. The van der Waals surface area contributed by atoms with Gasteiger partial charge in [0.25, 0.3) is 0 Å². The highest BCUT2D eigenvalue weighted by Gasteiger charge is 2.20. The van der Waals surface area contributed by atoms with E-state index in [1.165, 1.54) is 12.8 Å². The van der Waals surface area contributed by atoms with Gasteiger partial charge >= 0.3 is 0 Å². The molecule has 6 heteroatoms. The minimum Gasteiger partial charge on any atom is -0.419 e. The van der Waals surface area contributed by atoms with Crippen LogP contribution in [0.5, 0.6) is 11.8 Å². The number of hydrogen-bond donors (Lipinski definition) is 2. The van der Waals surface area contributed by atoms with Gasteiger partial charge in [0.15, 0.2) is 0 Å². The number of halogens is 1. The third-order valence-electron chi connectivity index (χ3n) is 2.92. The molecule has 2 aromatic heterocycles. The number of nitrogens with zero attached hydrogens (tertiary/aromatic N) is 2. The Kier molecular flexibility index (Phi) is 3.40. The summed E-state index contributed by atoms with van der Waals surface area (Å²) in [4.78, 5) is 4.41. The average Bonchev–Trinajstić information content (AvgIpc) is 3.13. The van der Waals surface area contributed by atoms with Crippen LogP contribution in [0.3, 0.4) is 0 Å². The molecule has 1 fully saturated rings. The second kappa shape index (κ2) is 5.19. The molecule has 0 atom stereocenters. The van der Waals surface area contributed by atoms with Gasteiger partial charge in [0.05, 0.1) is 10.7 Å². The summed E-state index contributed by atoms with van der Waals surface area (Å²) in [7, 11) is 0. The van der Waals surface area contributed by atoms with Gasteiger partial charge in [-0.1, -0.05) is 11.6 Å². The molecule has 19 heavy (non-hydrogen) atoms. The van der Waals surface area contributed by atoms with Crippen LogP contribution in [0, 0.1) is 6.92 Å². The van der Waals surface area contributed by atoms with E-state index < -0.39 is 0 Å². The zero-order valence-electron chi connectivity index (χ0n) is 10.6. The van der Waals surface area contributed by atoms with Crippen LogP contribution >= 0.6 is 11.6 Å². The second-order valence-corrected chi connectivity index (χ2v) is 5.13. The first-order valence-electron chi connectivity index (χ1n) is 6.29. The zero-order chi connectivity index (χ0) is 13.2. The van der Waals surface area contributed by atoms with Crippen molar-refractivity contribution in [2.24, 2.45) is 0 Å². The second-order valence-electron chi connectivity index (χ2n) is 4.72. The van der Waals surface area contributed by atoms with Crippen LogP contribution in [0.15, 0.2) is 18.2 Å². The Bertz CT molecular complexity index is 580. The van der Waals surface area contributed by atoms with Gasteiger partial charge in [0.1, 0.15) is 0 Å². The highest BCUT2D eigenvalue weighted by Crippen LogP contribution is 2.24. The largest absolute Gasteiger partial charge is 0.419 e. The van der Waals surface area contributed by atoms with Gasteiger partial charge in [-0.3, -0.25) is 5.10 Å². The Labute approximate surface area is 116 Å². The average molecular weight is 279 g/mol. The van der Waals surface area contributed by atoms with E-state index in [2.05, 4.69) is 20.5 Å². The van der Waals surface area contributed by atoms with E-state index in [-0.39, 0.29) is 0 Å². The Morgan fingerprint density at radius 2 is 2.26 bits per heavy atom. The number of aromatic amines is 1. The molecule has 100 valence electrons. The Morgan fingerprint density at radius 1 is 1.42 bits per heavy atom. The molecular weight excluding hydrogens is 264 g/mol. The molecule has 0 aliphatic heterocycles. The lowest BCUT2D eigenvalue weighted by molar-refractivity contribution is 0.440. The number of aromatic nitrogens is 3. The standard InChI is InChI=1S/C13H15ClN4O/c1-8-6-13(18-17-8)19-12-5-4-10(14)11(16-12)7-15-9-2-3-9/h4-6,9,15H,2-3,7H2,1H3,(H,17,18). The summed E-state index contributed by atoms with van der Waals surface area (Å²) in [6.07, 6.45) is 2.47. The zero-order valence-corrected chi connectivity index (χ0v) is 11.4. The first-order chi connectivity index (χ1) is 9.20. The molecule has 1 saturated carbocycles. The fourth-order valence-electron chi connectivity index (χ4n) is 1.73. The maximum atomic E-state index is 6.13. The molecule has 2 aromatic rings. The Balaban J connectivity index is 1.72. The van der Waals surface area contributed by atoms with Crippen molar-refractivity contribution in [1.82, 2.24) is 20.5 Å². The van der Waals surface area contributed by atoms with Crippen molar-refractivity contribution >= 4 is 11.6 Å². The summed E-state index contributed by atoms with van der Waals surface area (Å²) >= 11 is 6.13. The van der Waals surface area contributed by atoms with E-state index in [1.807, 2.05) is 13.0 Å². The van der Waals surface area contributed by atoms with Gasteiger partial charge in [-0.05, 0) is 25.8 Å². The molecule has 1 aliphatic rings. The SMILES string of the molecule is Cc1cc(Oc2ccc(Cl)c(CNC3CC3)n2)n[nH]1. The van der Waals surface area contributed by atoms with Crippen molar-refractivity contribution in [3.63, 3.8) is 0 Å². The minimum atomic E-state index is 0.503. The van der Waals surface area contributed by atoms with Crippen molar-refractivity contribution in [2.75, 3.05) is 0 Å². The molecule has 0 amide bonds. The number of nitrogens with one attached hydrogen (secondary N) is 2. The number of H-pyrrole nitrogens is 1. The molecule has 0 saturated heterocycles. The summed E-state index contributed by atoms with van der Waals surface area (Å²) in [6, 6.07) is 5.98. The smallest absolute Gasteiger partial charge is 0.240 e. The normalized spacial score (nSPS) is 14.6. The summed E-state index contributed by atoms with van der Waals surface area (Å²) in [6.45, 7) is 2.58. The molecule has 5 nitrogen and oxygen atoms in total. The van der Waals surface area contributed by atoms with Crippen LogP contribution in [-0.2, 0) is 6.54 Å². The molecular formula is C13H15ClN4O. The van der Waals surface area contributed by atoms with Crippen LogP contribution in [0.25, 0.3) is 0 Å². The van der Waals surface area contributed by atoms with Gasteiger partial charge in [-0.2, -0.15) is 0 Å². The van der Waals surface area contributed by atoms with Crippen molar-refractivity contribution in [2.45, 2.75) is 32.4 Å². The first-order valence-corrected chi connectivity index (χ1v) is 6.67. The number of hydrogen-bond acceptors (Lipinski definition) is 4. The lowest BCUT2D eigenvalue weighted by Crippen LogP contribution is -2.16. The van der Waals surface area contributed by atoms with Crippen LogP contribution in [0.4, 0.5) is 0 Å². The first kappa shape index (κ1) is 12.4. The van der Waals surface area contributed by atoms with Crippen molar-refractivity contribution in [3.8, 4) is 11.8 Å². The molecule has 0 spiro atoms. The number of pyridine rings is 1. The predicted octanol–water partition coefficient (Wildman–Crippen LogP) is 2.81. The highest BCUT2D eigenvalue weighted by atomic mass is 35.5. The third kappa shape index (κ3) is 3.24. The molecule has 0 unspecified atom stereocenters. The summed E-state index contributed by atoms with van der Waals surface area (Å²) < 4.78 is 5.58. The lowest BCUT2D eigenvalue weighted by atomic mass is 10.3. The summed E-state index contributed by atoms with van der Waals surface area (Å²) in [5, 5.41) is 10.9. The van der Waals surface area contributed by atoms with Crippen LogP contribution in [-0.4, -0.2) is 21.2 Å². The van der Waals surface area contributed by atoms with Gasteiger partial charge < -0.3 is 10.1 Å². The predicted molar refractivity (Wildman–Crippen MR) is 72.5 cm³/mol. The van der Waals surface area contributed by atoms with E-state index in [0.29, 0.717) is 29.4 Å². The third-order valence-corrected chi connectivity index (χ3v) is 3.26. The molecule has 0 bridgehead atoms. The van der Waals surface area contributed by atoms with Gasteiger partial charge in [0, 0.05) is 30.4 Å². The van der Waals surface area contributed by atoms with Gasteiger partial charge in [-0.15, -0.1) is 5.10 Å². The highest BCUT2D eigenvalue weighted by molar-refractivity contribution is 6.31. The van der Waals surface area contributed by atoms with Gasteiger partial charge in [-0.25, -0.2) is 4.98 Å². The van der Waals surface area contributed by atoms with E-state index in [9.17, 15) is 0 Å². The molecule has 2 heterocycles. The maximum Gasteiger partial charge on any atom is 0.240 e. The minimum absolute atomic E-state index is 0.503. The van der Waals surface area contributed by atoms with Crippen molar-refractivity contribution in [3.05, 3.63) is 34.6 Å². The topological polar surface area (TPSA) is 62.8 Å². The van der Waals surface area contributed by atoms with Crippen molar-refractivity contribution < 1.29 is 4.74 Å². The molecule has 0 aromatic carbocycles. The maximum absolute atomic E-state index is 6.13. The van der Waals surface area contributed by atoms with E-state index in [1.54, 1.807) is 12.1 Å². The monoisotopic (exact) mass is 278 g/mol. The fraction of sp³-hybridized carbons (Fsp3) is 0.385. The van der Waals surface area contributed by atoms with E-state index in [0.717, 1.165) is 11.4 Å². The molecule has 2 N–H and O–H groups in total. The summed E-state index contributed by atoms with van der Waals surface area (Å²) in [5.74, 6) is 1.01. The van der Waals surface area contributed by atoms with Crippen LogP contribution in [0.1, 0.15) is 24.2 Å². The quantitative estimate of drug-likeness (QED) is 0.883.